The van der Waals surface area contributed by atoms with Crippen LogP contribution < -0.4 is 5.32 Å². The summed E-state index contributed by atoms with van der Waals surface area (Å²) in [5.41, 5.74) is 2.25. The van der Waals surface area contributed by atoms with E-state index in [2.05, 4.69) is 11.4 Å². The van der Waals surface area contributed by atoms with E-state index in [-0.39, 0.29) is 6.04 Å². The van der Waals surface area contributed by atoms with E-state index in [4.69, 9.17) is 0 Å². The predicted octanol–water partition coefficient (Wildman–Crippen LogP) is 1.39. The van der Waals surface area contributed by atoms with Crippen LogP contribution in [0.2, 0.25) is 0 Å². The molecule has 1 aliphatic heterocycles. The Morgan fingerprint density at radius 1 is 1.24 bits per heavy atom. The first-order valence-electron chi connectivity index (χ1n) is 7.47. The zero-order valence-electron chi connectivity index (χ0n) is 12.2. The Kier molecular flexibility index (Phi) is 3.94. The van der Waals surface area contributed by atoms with Crippen LogP contribution in [0.15, 0.2) is 18.2 Å². The van der Waals surface area contributed by atoms with E-state index in [0.717, 1.165) is 31.2 Å². The number of benzene rings is 1. The normalized spacial score (nSPS) is 24.1. The molecule has 1 aromatic rings. The van der Waals surface area contributed by atoms with Crippen LogP contribution in [0.3, 0.4) is 0 Å². The molecule has 6 heteroatoms. The third-order valence-electron chi connectivity index (χ3n) is 4.61. The van der Waals surface area contributed by atoms with Gasteiger partial charge in [0.1, 0.15) is 5.75 Å². The smallest absolute Gasteiger partial charge is 0.211 e. The van der Waals surface area contributed by atoms with Crippen molar-refractivity contribution in [2.45, 2.75) is 37.8 Å². The van der Waals surface area contributed by atoms with Crippen LogP contribution in [-0.4, -0.2) is 43.2 Å². The standard InChI is InChI=1S/C15H22N2O3S/c1-21(19,20)17-9-7-11(8-10-17)16-14-6-5-13-12(14)3-2-4-15(13)18/h2-4,11,14,16,18H,5-10H2,1H3. The second-order valence-electron chi connectivity index (χ2n) is 6.04. The largest absolute Gasteiger partial charge is 0.508 e. The second-order valence-corrected chi connectivity index (χ2v) is 8.02. The number of phenolic OH excluding ortho intramolecular Hbond substituents is 1. The molecule has 2 aliphatic rings. The van der Waals surface area contributed by atoms with Gasteiger partial charge in [-0.2, -0.15) is 0 Å². The minimum absolute atomic E-state index is 0.280. The summed E-state index contributed by atoms with van der Waals surface area (Å²) in [6.07, 6.45) is 4.87. The summed E-state index contributed by atoms with van der Waals surface area (Å²) in [5, 5.41) is 13.5. The fourth-order valence-electron chi connectivity index (χ4n) is 3.45. The molecule has 1 unspecified atom stereocenters. The van der Waals surface area contributed by atoms with E-state index in [0.29, 0.717) is 24.9 Å². The Labute approximate surface area is 126 Å². The highest BCUT2D eigenvalue weighted by Crippen LogP contribution is 2.36. The SMILES string of the molecule is CS(=O)(=O)N1CCC(NC2CCc3c(O)cccc32)CC1. The molecule has 0 saturated carbocycles. The molecule has 0 bridgehead atoms. The monoisotopic (exact) mass is 310 g/mol. The van der Waals surface area contributed by atoms with Gasteiger partial charge in [0.05, 0.1) is 6.26 Å². The first-order valence-corrected chi connectivity index (χ1v) is 9.32. The zero-order chi connectivity index (χ0) is 15.0. The number of rotatable bonds is 3. The summed E-state index contributed by atoms with van der Waals surface area (Å²) in [4.78, 5) is 0. The van der Waals surface area contributed by atoms with Gasteiger partial charge >= 0.3 is 0 Å². The summed E-state index contributed by atoms with van der Waals surface area (Å²) in [7, 11) is -3.06. The highest BCUT2D eigenvalue weighted by atomic mass is 32.2. The molecule has 116 valence electrons. The Hall–Kier alpha value is -1.11. The summed E-state index contributed by atoms with van der Waals surface area (Å²) in [5.74, 6) is 0.392. The van der Waals surface area contributed by atoms with Gasteiger partial charge in [0.2, 0.25) is 10.0 Å². The molecule has 1 heterocycles. The maximum Gasteiger partial charge on any atom is 0.211 e. The third kappa shape index (κ3) is 3.07. The molecule has 1 saturated heterocycles. The van der Waals surface area contributed by atoms with Gasteiger partial charge in [-0.1, -0.05) is 12.1 Å². The number of sulfonamides is 1. The van der Waals surface area contributed by atoms with E-state index >= 15 is 0 Å². The Morgan fingerprint density at radius 3 is 2.62 bits per heavy atom. The van der Waals surface area contributed by atoms with Crippen LogP contribution in [0.25, 0.3) is 0 Å². The molecule has 3 rings (SSSR count). The highest BCUT2D eigenvalue weighted by molar-refractivity contribution is 7.88. The maximum absolute atomic E-state index is 11.5. The van der Waals surface area contributed by atoms with Gasteiger partial charge in [0.25, 0.3) is 0 Å². The number of hydrogen-bond acceptors (Lipinski definition) is 4. The van der Waals surface area contributed by atoms with E-state index < -0.39 is 10.0 Å². The van der Waals surface area contributed by atoms with Crippen LogP contribution in [0.5, 0.6) is 5.75 Å². The summed E-state index contributed by atoms with van der Waals surface area (Å²) >= 11 is 0. The van der Waals surface area contributed by atoms with Crippen molar-refractivity contribution in [2.24, 2.45) is 0 Å². The van der Waals surface area contributed by atoms with Gasteiger partial charge in [-0.25, -0.2) is 12.7 Å². The van der Waals surface area contributed by atoms with E-state index in [1.807, 2.05) is 6.07 Å². The molecule has 0 spiro atoms. The van der Waals surface area contributed by atoms with Crippen LogP contribution in [0.4, 0.5) is 0 Å². The van der Waals surface area contributed by atoms with Crippen molar-refractivity contribution in [3.05, 3.63) is 29.3 Å². The number of phenols is 1. The van der Waals surface area contributed by atoms with Crippen LogP contribution in [0, 0.1) is 0 Å². The van der Waals surface area contributed by atoms with E-state index in [1.165, 1.54) is 11.8 Å². The number of fused-ring (bicyclic) bond motifs is 1. The van der Waals surface area contributed by atoms with Gasteiger partial charge in [-0.3, -0.25) is 0 Å². The fourth-order valence-corrected chi connectivity index (χ4v) is 4.32. The van der Waals surface area contributed by atoms with Crippen LogP contribution >= 0.6 is 0 Å². The average Bonchev–Trinajstić information content (AvgIpc) is 2.83. The number of nitrogens with one attached hydrogen (secondary N) is 1. The average molecular weight is 310 g/mol. The topological polar surface area (TPSA) is 69.6 Å². The Morgan fingerprint density at radius 2 is 1.95 bits per heavy atom. The molecular formula is C15H22N2O3S. The molecule has 1 aliphatic carbocycles. The number of aromatic hydroxyl groups is 1. The van der Waals surface area contributed by atoms with Crippen molar-refractivity contribution < 1.29 is 13.5 Å². The van der Waals surface area contributed by atoms with Crippen molar-refractivity contribution in [1.29, 1.82) is 0 Å². The van der Waals surface area contributed by atoms with Crippen molar-refractivity contribution in [3.8, 4) is 5.75 Å². The lowest BCUT2D eigenvalue weighted by molar-refractivity contribution is 0.274. The quantitative estimate of drug-likeness (QED) is 0.885. The summed E-state index contributed by atoms with van der Waals surface area (Å²) in [6, 6.07) is 6.33. The van der Waals surface area contributed by atoms with E-state index in [1.54, 1.807) is 10.4 Å². The predicted molar refractivity (Wildman–Crippen MR) is 81.7 cm³/mol. The fraction of sp³-hybridized carbons (Fsp3) is 0.600. The minimum atomic E-state index is -3.06. The van der Waals surface area contributed by atoms with Crippen molar-refractivity contribution in [2.75, 3.05) is 19.3 Å². The van der Waals surface area contributed by atoms with Gasteiger partial charge in [0.15, 0.2) is 0 Å². The van der Waals surface area contributed by atoms with Crippen molar-refractivity contribution in [1.82, 2.24) is 9.62 Å². The lowest BCUT2D eigenvalue weighted by Crippen LogP contribution is -2.45. The van der Waals surface area contributed by atoms with Gasteiger partial charge in [-0.15, -0.1) is 0 Å². The highest BCUT2D eigenvalue weighted by Gasteiger charge is 2.29. The van der Waals surface area contributed by atoms with Crippen molar-refractivity contribution in [3.63, 3.8) is 0 Å². The summed E-state index contributed by atoms with van der Waals surface area (Å²) in [6.45, 7) is 1.19. The third-order valence-corrected chi connectivity index (χ3v) is 5.91. The Balaban J connectivity index is 1.62. The molecular weight excluding hydrogens is 288 g/mol. The molecule has 1 aromatic carbocycles. The minimum Gasteiger partial charge on any atom is -0.508 e. The second kappa shape index (κ2) is 5.59. The van der Waals surface area contributed by atoms with Crippen LogP contribution in [0.1, 0.15) is 36.4 Å². The Bertz CT molecular complexity index is 622. The number of nitrogens with zero attached hydrogens (tertiary/aromatic N) is 1. The molecule has 5 nitrogen and oxygen atoms in total. The van der Waals surface area contributed by atoms with E-state index in [9.17, 15) is 13.5 Å². The molecule has 0 radical (unpaired) electrons. The molecule has 21 heavy (non-hydrogen) atoms. The van der Waals surface area contributed by atoms with Gasteiger partial charge in [0, 0.05) is 25.2 Å². The molecule has 1 fully saturated rings. The lowest BCUT2D eigenvalue weighted by atomic mass is 10.0. The molecule has 2 N–H and O–H groups in total. The lowest BCUT2D eigenvalue weighted by Gasteiger charge is -2.32. The molecule has 0 aromatic heterocycles. The molecule has 1 atom stereocenters. The summed E-state index contributed by atoms with van der Waals surface area (Å²) < 4.78 is 24.6. The van der Waals surface area contributed by atoms with Crippen LogP contribution in [-0.2, 0) is 16.4 Å². The van der Waals surface area contributed by atoms with Gasteiger partial charge < -0.3 is 10.4 Å². The molecule has 0 amide bonds. The van der Waals surface area contributed by atoms with Crippen molar-refractivity contribution >= 4 is 10.0 Å². The number of piperidine rings is 1. The first kappa shape index (κ1) is 14.8. The first-order chi connectivity index (χ1) is 9.95. The van der Waals surface area contributed by atoms with Gasteiger partial charge in [-0.05, 0) is 42.9 Å². The maximum atomic E-state index is 11.5. The zero-order valence-corrected chi connectivity index (χ0v) is 13.1. The number of hydrogen-bond donors (Lipinski definition) is 2.